The Hall–Kier alpha value is -1.96. The van der Waals surface area contributed by atoms with Crippen molar-refractivity contribution in [3.8, 4) is 5.75 Å². The van der Waals surface area contributed by atoms with Gasteiger partial charge in [0, 0.05) is 38.6 Å². The maximum absolute atomic E-state index is 12.8. The van der Waals surface area contributed by atoms with Crippen molar-refractivity contribution < 1.29 is 13.2 Å². The van der Waals surface area contributed by atoms with Gasteiger partial charge in [0.2, 0.25) is 10.0 Å². The minimum absolute atomic E-state index is 0.0163. The zero-order valence-corrected chi connectivity index (χ0v) is 16.7. The fraction of sp³-hybridized carbons (Fsp3) is 0.450. The minimum atomic E-state index is -3.32. The standard InChI is InChI=1S/C20H27N3O3S/c1-22(13-18-6-4-9-21-12-18)14-19-8-10-23(15-19)27(24,25)16-17-5-3-7-20(11-17)26-2/h3-7,9,11-12,19H,8,10,13-16H2,1-2H3. The van der Waals surface area contributed by atoms with Gasteiger partial charge in [0.1, 0.15) is 5.75 Å². The van der Waals surface area contributed by atoms with E-state index in [1.54, 1.807) is 23.7 Å². The molecule has 0 aliphatic carbocycles. The van der Waals surface area contributed by atoms with Crippen LogP contribution in [-0.4, -0.2) is 56.4 Å². The van der Waals surface area contributed by atoms with E-state index < -0.39 is 10.0 Å². The first-order valence-corrected chi connectivity index (χ1v) is 10.8. The van der Waals surface area contributed by atoms with E-state index in [1.807, 2.05) is 30.5 Å². The number of benzene rings is 1. The lowest BCUT2D eigenvalue weighted by Crippen LogP contribution is -2.32. The zero-order valence-electron chi connectivity index (χ0n) is 15.9. The van der Waals surface area contributed by atoms with Crippen molar-refractivity contribution in [3.63, 3.8) is 0 Å². The van der Waals surface area contributed by atoms with E-state index in [0.29, 0.717) is 24.8 Å². The van der Waals surface area contributed by atoms with Gasteiger partial charge in [-0.05, 0) is 48.7 Å². The molecule has 1 saturated heterocycles. The molecule has 0 N–H and O–H groups in total. The van der Waals surface area contributed by atoms with Crippen molar-refractivity contribution in [2.24, 2.45) is 5.92 Å². The van der Waals surface area contributed by atoms with Crippen molar-refractivity contribution in [1.29, 1.82) is 0 Å². The molecular formula is C20H27N3O3S. The highest BCUT2D eigenvalue weighted by molar-refractivity contribution is 7.88. The van der Waals surface area contributed by atoms with Gasteiger partial charge in [-0.2, -0.15) is 0 Å². The highest BCUT2D eigenvalue weighted by Gasteiger charge is 2.31. The largest absolute Gasteiger partial charge is 0.497 e. The van der Waals surface area contributed by atoms with Crippen LogP contribution in [-0.2, 0) is 22.3 Å². The van der Waals surface area contributed by atoms with Gasteiger partial charge in [0.25, 0.3) is 0 Å². The topological polar surface area (TPSA) is 62.7 Å². The predicted molar refractivity (Wildman–Crippen MR) is 106 cm³/mol. The Labute approximate surface area is 161 Å². The van der Waals surface area contributed by atoms with Gasteiger partial charge in [-0.15, -0.1) is 0 Å². The summed E-state index contributed by atoms with van der Waals surface area (Å²) in [5.74, 6) is 1.05. The van der Waals surface area contributed by atoms with Gasteiger partial charge in [0.15, 0.2) is 0 Å². The van der Waals surface area contributed by atoms with Crippen LogP contribution in [0.4, 0.5) is 0 Å². The smallest absolute Gasteiger partial charge is 0.218 e. The summed E-state index contributed by atoms with van der Waals surface area (Å²) in [4.78, 5) is 6.38. The molecule has 0 radical (unpaired) electrons. The first-order chi connectivity index (χ1) is 13.0. The van der Waals surface area contributed by atoms with E-state index >= 15 is 0 Å². The Morgan fingerprint density at radius 1 is 1.26 bits per heavy atom. The van der Waals surface area contributed by atoms with E-state index in [1.165, 1.54) is 5.56 Å². The second kappa shape index (κ2) is 8.82. The molecule has 1 unspecified atom stereocenters. The number of hydrogen-bond donors (Lipinski definition) is 0. The second-order valence-electron chi connectivity index (χ2n) is 7.18. The fourth-order valence-electron chi connectivity index (χ4n) is 3.57. The highest BCUT2D eigenvalue weighted by atomic mass is 32.2. The third-order valence-electron chi connectivity index (χ3n) is 4.87. The molecule has 1 aliphatic rings. The zero-order chi connectivity index (χ0) is 19.3. The second-order valence-corrected chi connectivity index (χ2v) is 9.15. The maximum Gasteiger partial charge on any atom is 0.218 e. The van der Waals surface area contributed by atoms with E-state index in [-0.39, 0.29) is 5.75 Å². The Bertz CT molecular complexity index is 843. The van der Waals surface area contributed by atoms with Crippen LogP contribution in [0.2, 0.25) is 0 Å². The van der Waals surface area contributed by atoms with Gasteiger partial charge >= 0.3 is 0 Å². The molecule has 1 atom stereocenters. The molecule has 0 saturated carbocycles. The molecule has 1 fully saturated rings. The number of rotatable bonds is 8. The number of nitrogens with zero attached hydrogens (tertiary/aromatic N) is 3. The van der Waals surface area contributed by atoms with Crippen molar-refractivity contribution in [2.75, 3.05) is 33.8 Å². The van der Waals surface area contributed by atoms with Crippen molar-refractivity contribution in [1.82, 2.24) is 14.2 Å². The third kappa shape index (κ3) is 5.51. The fourth-order valence-corrected chi connectivity index (χ4v) is 5.18. The van der Waals surface area contributed by atoms with E-state index in [9.17, 15) is 8.42 Å². The van der Waals surface area contributed by atoms with Crippen molar-refractivity contribution in [3.05, 3.63) is 59.9 Å². The lowest BCUT2D eigenvalue weighted by atomic mass is 10.1. The summed E-state index contributed by atoms with van der Waals surface area (Å²) in [5, 5.41) is 0. The number of sulfonamides is 1. The molecule has 146 valence electrons. The van der Waals surface area contributed by atoms with Crippen LogP contribution in [0.15, 0.2) is 48.8 Å². The molecule has 0 spiro atoms. The predicted octanol–water partition coefficient (Wildman–Crippen LogP) is 2.37. The third-order valence-corrected chi connectivity index (χ3v) is 6.69. The summed E-state index contributed by atoms with van der Waals surface area (Å²) in [6.07, 6.45) is 4.54. The number of hydrogen-bond acceptors (Lipinski definition) is 5. The van der Waals surface area contributed by atoms with Crippen LogP contribution in [0.1, 0.15) is 17.5 Å². The maximum atomic E-state index is 12.8. The normalized spacial score (nSPS) is 18.1. The van der Waals surface area contributed by atoms with Gasteiger partial charge < -0.3 is 9.64 Å². The molecular weight excluding hydrogens is 362 g/mol. The molecule has 0 bridgehead atoms. The van der Waals surface area contributed by atoms with E-state index in [2.05, 4.69) is 23.0 Å². The van der Waals surface area contributed by atoms with Crippen LogP contribution in [0.5, 0.6) is 5.75 Å². The van der Waals surface area contributed by atoms with E-state index in [4.69, 9.17) is 4.74 Å². The first-order valence-electron chi connectivity index (χ1n) is 9.14. The Balaban J connectivity index is 1.54. The summed E-state index contributed by atoms with van der Waals surface area (Å²) in [6.45, 7) is 2.88. The van der Waals surface area contributed by atoms with Crippen LogP contribution >= 0.6 is 0 Å². The first kappa shape index (κ1) is 19.8. The van der Waals surface area contributed by atoms with Crippen molar-refractivity contribution >= 4 is 10.0 Å². The average Bonchev–Trinajstić information content (AvgIpc) is 3.11. The number of methoxy groups -OCH3 is 1. The Morgan fingerprint density at radius 2 is 2.07 bits per heavy atom. The number of aromatic nitrogens is 1. The summed E-state index contributed by atoms with van der Waals surface area (Å²) in [6, 6.07) is 11.3. The summed E-state index contributed by atoms with van der Waals surface area (Å²) >= 11 is 0. The van der Waals surface area contributed by atoms with Gasteiger partial charge in [-0.1, -0.05) is 18.2 Å². The van der Waals surface area contributed by atoms with E-state index in [0.717, 1.165) is 25.1 Å². The molecule has 3 rings (SSSR count). The number of pyridine rings is 1. The molecule has 0 amide bonds. The summed E-state index contributed by atoms with van der Waals surface area (Å²) in [5.41, 5.74) is 1.92. The molecule has 1 aromatic heterocycles. The summed E-state index contributed by atoms with van der Waals surface area (Å²) in [7, 11) is 0.337. The lowest BCUT2D eigenvalue weighted by molar-refractivity contribution is 0.273. The number of ether oxygens (including phenoxy) is 1. The Kier molecular flexibility index (Phi) is 6.46. The monoisotopic (exact) mass is 389 g/mol. The van der Waals surface area contributed by atoms with Gasteiger partial charge in [-0.25, -0.2) is 12.7 Å². The molecule has 1 aromatic carbocycles. The quantitative estimate of drug-likeness (QED) is 0.694. The SMILES string of the molecule is COc1cccc(CS(=O)(=O)N2CCC(CN(C)Cc3cccnc3)C2)c1. The lowest BCUT2D eigenvalue weighted by Gasteiger charge is -2.21. The highest BCUT2D eigenvalue weighted by Crippen LogP contribution is 2.24. The Morgan fingerprint density at radius 3 is 2.81 bits per heavy atom. The molecule has 2 aromatic rings. The molecule has 1 aliphatic heterocycles. The van der Waals surface area contributed by atoms with Gasteiger partial charge in [0.05, 0.1) is 12.9 Å². The van der Waals surface area contributed by atoms with Crippen molar-refractivity contribution in [2.45, 2.75) is 18.7 Å². The minimum Gasteiger partial charge on any atom is -0.497 e. The van der Waals surface area contributed by atoms with Crippen LogP contribution in [0.25, 0.3) is 0 Å². The summed E-state index contributed by atoms with van der Waals surface area (Å²) < 4.78 is 32.4. The molecule has 27 heavy (non-hydrogen) atoms. The van der Waals surface area contributed by atoms with Gasteiger partial charge in [-0.3, -0.25) is 4.98 Å². The van der Waals surface area contributed by atoms with Crippen LogP contribution < -0.4 is 4.74 Å². The molecule has 7 heteroatoms. The molecule has 2 heterocycles. The molecule has 6 nitrogen and oxygen atoms in total. The average molecular weight is 390 g/mol. The van der Waals surface area contributed by atoms with Crippen LogP contribution in [0.3, 0.4) is 0 Å². The van der Waals surface area contributed by atoms with Crippen LogP contribution in [0, 0.1) is 5.92 Å².